The van der Waals surface area contributed by atoms with Crippen molar-refractivity contribution in [2.45, 2.75) is 19.4 Å². The van der Waals surface area contributed by atoms with Gasteiger partial charge in [0.05, 0.1) is 0 Å². The Morgan fingerprint density at radius 2 is 1.62 bits per heavy atom. The molecule has 2 aromatic carbocycles. The van der Waals surface area contributed by atoms with Crippen molar-refractivity contribution in [1.82, 2.24) is 5.32 Å². The highest BCUT2D eigenvalue weighted by molar-refractivity contribution is 5.94. The summed E-state index contributed by atoms with van der Waals surface area (Å²) >= 11 is 0. The molecule has 2 N–H and O–H groups in total. The van der Waals surface area contributed by atoms with E-state index in [9.17, 15) is 18.4 Å². The topological polar surface area (TPSA) is 58.2 Å². The smallest absolute Gasteiger partial charge is 0.251 e. The average molecular weight is 330 g/mol. The van der Waals surface area contributed by atoms with Crippen LogP contribution in [0.3, 0.4) is 0 Å². The number of carbonyl (C=O) groups excluding carboxylic acids is 2. The van der Waals surface area contributed by atoms with Crippen LogP contribution in [-0.2, 0) is 11.3 Å². The summed E-state index contributed by atoms with van der Waals surface area (Å²) in [5.41, 5.74) is 1.44. The Labute approximate surface area is 137 Å². The van der Waals surface area contributed by atoms with Crippen LogP contribution in [0.2, 0.25) is 0 Å². The standard InChI is InChI=1S/C18H16F2N2O2/c19-14-7-13(8-15(20)9-14)17(23)21-10-11-1-5-16(6-2-11)22-18(24)12-3-4-12/h1-2,5-9,12H,3-4,10H2,(H,21,23)(H,22,24). The maximum absolute atomic E-state index is 13.1. The Bertz CT molecular complexity index is 751. The molecule has 3 rings (SSSR count). The van der Waals surface area contributed by atoms with Gasteiger partial charge < -0.3 is 10.6 Å². The molecule has 0 bridgehead atoms. The molecule has 0 aromatic heterocycles. The lowest BCUT2D eigenvalue weighted by molar-refractivity contribution is -0.117. The minimum Gasteiger partial charge on any atom is -0.348 e. The molecule has 1 aliphatic carbocycles. The molecular formula is C18H16F2N2O2. The molecule has 0 spiro atoms. The van der Waals surface area contributed by atoms with Crippen molar-refractivity contribution in [3.05, 3.63) is 65.2 Å². The highest BCUT2D eigenvalue weighted by atomic mass is 19.1. The molecule has 0 atom stereocenters. The number of hydrogen-bond acceptors (Lipinski definition) is 2. The Morgan fingerprint density at radius 3 is 2.21 bits per heavy atom. The van der Waals surface area contributed by atoms with Gasteiger partial charge in [0.25, 0.3) is 5.91 Å². The second-order valence-corrected chi connectivity index (χ2v) is 5.80. The molecule has 6 heteroatoms. The predicted octanol–water partition coefficient (Wildman–Crippen LogP) is 3.24. The predicted molar refractivity (Wildman–Crippen MR) is 85.3 cm³/mol. The van der Waals surface area contributed by atoms with E-state index in [0.717, 1.165) is 30.5 Å². The Kier molecular flexibility index (Phi) is 4.55. The van der Waals surface area contributed by atoms with Gasteiger partial charge in [0.2, 0.25) is 5.91 Å². The monoisotopic (exact) mass is 330 g/mol. The first kappa shape index (κ1) is 16.1. The first-order valence-corrected chi connectivity index (χ1v) is 7.65. The summed E-state index contributed by atoms with van der Waals surface area (Å²) in [7, 11) is 0. The van der Waals surface area contributed by atoms with Crippen molar-refractivity contribution in [3.8, 4) is 0 Å². The zero-order valence-electron chi connectivity index (χ0n) is 12.8. The van der Waals surface area contributed by atoms with Gasteiger partial charge in [0.1, 0.15) is 11.6 Å². The molecule has 24 heavy (non-hydrogen) atoms. The first-order chi connectivity index (χ1) is 11.5. The highest BCUT2D eigenvalue weighted by Gasteiger charge is 2.29. The number of rotatable bonds is 5. The molecule has 4 nitrogen and oxygen atoms in total. The maximum Gasteiger partial charge on any atom is 0.251 e. The second-order valence-electron chi connectivity index (χ2n) is 5.80. The van der Waals surface area contributed by atoms with Crippen LogP contribution in [0.1, 0.15) is 28.8 Å². The fraction of sp³-hybridized carbons (Fsp3) is 0.222. The molecule has 0 unspecified atom stereocenters. The summed E-state index contributed by atoms with van der Waals surface area (Å²) in [5, 5.41) is 5.42. The first-order valence-electron chi connectivity index (χ1n) is 7.65. The van der Waals surface area contributed by atoms with Crippen LogP contribution in [0.25, 0.3) is 0 Å². The van der Waals surface area contributed by atoms with E-state index in [1.54, 1.807) is 24.3 Å². The average Bonchev–Trinajstić information content (AvgIpc) is 3.38. The summed E-state index contributed by atoms with van der Waals surface area (Å²) in [6, 6.07) is 9.73. The quantitative estimate of drug-likeness (QED) is 0.884. The third-order valence-corrected chi connectivity index (χ3v) is 3.75. The van der Waals surface area contributed by atoms with Gasteiger partial charge >= 0.3 is 0 Å². The molecule has 1 aliphatic rings. The lowest BCUT2D eigenvalue weighted by atomic mass is 10.1. The van der Waals surface area contributed by atoms with Crippen molar-refractivity contribution in [2.24, 2.45) is 5.92 Å². The van der Waals surface area contributed by atoms with E-state index in [4.69, 9.17) is 0 Å². The third-order valence-electron chi connectivity index (χ3n) is 3.75. The van der Waals surface area contributed by atoms with Crippen LogP contribution < -0.4 is 10.6 Å². The summed E-state index contributed by atoms with van der Waals surface area (Å²) in [5.74, 6) is -1.98. The van der Waals surface area contributed by atoms with Crippen LogP contribution in [-0.4, -0.2) is 11.8 Å². The highest BCUT2D eigenvalue weighted by Crippen LogP contribution is 2.30. The number of nitrogens with one attached hydrogen (secondary N) is 2. The van der Waals surface area contributed by atoms with E-state index in [1.165, 1.54) is 0 Å². The SMILES string of the molecule is O=C(NCc1ccc(NC(=O)C2CC2)cc1)c1cc(F)cc(F)c1. The normalized spacial score (nSPS) is 13.4. The van der Waals surface area contributed by atoms with Crippen molar-refractivity contribution < 1.29 is 18.4 Å². The van der Waals surface area contributed by atoms with Gasteiger partial charge in [-0.05, 0) is 42.7 Å². The van der Waals surface area contributed by atoms with Crippen molar-refractivity contribution >= 4 is 17.5 Å². The molecular weight excluding hydrogens is 314 g/mol. The van der Waals surface area contributed by atoms with Gasteiger partial charge in [-0.1, -0.05) is 12.1 Å². The van der Waals surface area contributed by atoms with Gasteiger partial charge in [-0.15, -0.1) is 0 Å². The van der Waals surface area contributed by atoms with Gasteiger partial charge in [-0.25, -0.2) is 8.78 Å². The van der Waals surface area contributed by atoms with E-state index in [2.05, 4.69) is 10.6 Å². The molecule has 2 aromatic rings. The van der Waals surface area contributed by atoms with Crippen LogP contribution in [0.5, 0.6) is 0 Å². The lowest BCUT2D eigenvalue weighted by Crippen LogP contribution is -2.23. The molecule has 2 amide bonds. The fourth-order valence-electron chi connectivity index (χ4n) is 2.27. The molecule has 0 saturated heterocycles. The molecule has 0 aliphatic heterocycles. The third kappa shape index (κ3) is 4.16. The van der Waals surface area contributed by atoms with E-state index in [1.807, 2.05) is 0 Å². The number of anilines is 1. The zero-order valence-corrected chi connectivity index (χ0v) is 12.8. The number of amides is 2. The van der Waals surface area contributed by atoms with Crippen LogP contribution in [0.4, 0.5) is 14.5 Å². The number of benzene rings is 2. The van der Waals surface area contributed by atoms with Crippen molar-refractivity contribution in [2.75, 3.05) is 5.32 Å². The Morgan fingerprint density at radius 1 is 1.00 bits per heavy atom. The van der Waals surface area contributed by atoms with E-state index >= 15 is 0 Å². The van der Waals surface area contributed by atoms with Gasteiger partial charge in [0, 0.05) is 29.8 Å². The van der Waals surface area contributed by atoms with Crippen molar-refractivity contribution in [1.29, 1.82) is 0 Å². The summed E-state index contributed by atoms with van der Waals surface area (Å²) in [4.78, 5) is 23.6. The number of hydrogen-bond donors (Lipinski definition) is 2. The number of halogens is 2. The van der Waals surface area contributed by atoms with Crippen LogP contribution in [0, 0.1) is 17.6 Å². The largest absolute Gasteiger partial charge is 0.348 e. The van der Waals surface area contributed by atoms with Crippen molar-refractivity contribution in [3.63, 3.8) is 0 Å². The zero-order chi connectivity index (χ0) is 17.1. The molecule has 124 valence electrons. The minimum atomic E-state index is -0.795. The summed E-state index contributed by atoms with van der Waals surface area (Å²) in [6.07, 6.45) is 1.88. The van der Waals surface area contributed by atoms with Crippen LogP contribution >= 0.6 is 0 Å². The number of carbonyl (C=O) groups is 2. The Hall–Kier alpha value is -2.76. The van der Waals surface area contributed by atoms with Crippen LogP contribution in [0.15, 0.2) is 42.5 Å². The molecule has 0 radical (unpaired) electrons. The molecule has 0 heterocycles. The van der Waals surface area contributed by atoms with Gasteiger partial charge in [0.15, 0.2) is 0 Å². The second kappa shape index (κ2) is 6.78. The minimum absolute atomic E-state index is 0.0317. The van der Waals surface area contributed by atoms with E-state index in [-0.39, 0.29) is 23.9 Å². The van der Waals surface area contributed by atoms with E-state index in [0.29, 0.717) is 11.8 Å². The fourth-order valence-corrected chi connectivity index (χ4v) is 2.27. The molecule has 1 saturated carbocycles. The lowest BCUT2D eigenvalue weighted by Gasteiger charge is -2.08. The van der Waals surface area contributed by atoms with E-state index < -0.39 is 17.5 Å². The molecule has 1 fully saturated rings. The summed E-state index contributed by atoms with van der Waals surface area (Å²) < 4.78 is 26.2. The Balaban J connectivity index is 1.55. The maximum atomic E-state index is 13.1. The van der Waals surface area contributed by atoms with Gasteiger partial charge in [-0.3, -0.25) is 9.59 Å². The summed E-state index contributed by atoms with van der Waals surface area (Å²) in [6.45, 7) is 0.216. The van der Waals surface area contributed by atoms with Gasteiger partial charge in [-0.2, -0.15) is 0 Å².